The number of hydrogen-bond acceptors (Lipinski definition) is 8. The van der Waals surface area contributed by atoms with Crippen LogP contribution in [-0.2, 0) is 38.1 Å². The van der Waals surface area contributed by atoms with Gasteiger partial charge in [0, 0.05) is 32.3 Å². The molecule has 0 spiro atoms. The van der Waals surface area contributed by atoms with Gasteiger partial charge in [-0.15, -0.1) is 0 Å². The van der Waals surface area contributed by atoms with Crippen LogP contribution in [0.3, 0.4) is 0 Å². The fraction of sp³-hybridized carbons (Fsp3) is 0.615. The molecular formula is C26H38O8. The second-order valence-corrected chi connectivity index (χ2v) is 9.04. The van der Waals surface area contributed by atoms with Gasteiger partial charge < -0.3 is 18.9 Å². The summed E-state index contributed by atoms with van der Waals surface area (Å²) in [5.74, 6) is -2.81. The Morgan fingerprint density at radius 3 is 1.97 bits per heavy atom. The van der Waals surface area contributed by atoms with Gasteiger partial charge >= 0.3 is 23.9 Å². The van der Waals surface area contributed by atoms with E-state index in [0.717, 1.165) is 5.57 Å². The number of hydrogen-bond donors (Lipinski definition) is 0. The summed E-state index contributed by atoms with van der Waals surface area (Å²) in [5.41, 5.74) is 2.07. The van der Waals surface area contributed by atoms with Crippen LogP contribution in [0.15, 0.2) is 34.9 Å². The van der Waals surface area contributed by atoms with E-state index in [4.69, 9.17) is 18.9 Å². The molecule has 8 heteroatoms. The predicted octanol–water partition coefficient (Wildman–Crippen LogP) is 4.23. The summed E-state index contributed by atoms with van der Waals surface area (Å²) in [4.78, 5) is 48.1. The van der Waals surface area contributed by atoms with Gasteiger partial charge in [0.25, 0.3) is 0 Å². The van der Waals surface area contributed by atoms with Crippen LogP contribution in [0.25, 0.3) is 0 Å². The topological polar surface area (TPSA) is 105 Å². The molecule has 0 fully saturated rings. The normalized spacial score (nSPS) is 24.1. The van der Waals surface area contributed by atoms with Crippen LogP contribution in [0, 0.1) is 11.8 Å². The van der Waals surface area contributed by atoms with Crippen LogP contribution < -0.4 is 0 Å². The summed E-state index contributed by atoms with van der Waals surface area (Å²) in [6, 6.07) is 0. The average Bonchev–Trinajstić information content (AvgIpc) is 2.68. The van der Waals surface area contributed by atoms with Crippen LogP contribution in [0.4, 0.5) is 0 Å². The largest absolute Gasteiger partial charge is 0.458 e. The molecule has 0 N–H and O–H groups in total. The minimum atomic E-state index is -0.883. The third-order valence-corrected chi connectivity index (χ3v) is 5.62. The molecule has 0 radical (unpaired) electrons. The Labute approximate surface area is 202 Å². The van der Waals surface area contributed by atoms with Gasteiger partial charge in [-0.1, -0.05) is 18.6 Å². The van der Waals surface area contributed by atoms with Crippen molar-refractivity contribution in [1.82, 2.24) is 0 Å². The molecule has 0 amide bonds. The van der Waals surface area contributed by atoms with Gasteiger partial charge in [0.05, 0.1) is 0 Å². The number of esters is 4. The number of ether oxygens (including phenoxy) is 4. The third-order valence-electron chi connectivity index (χ3n) is 5.62. The summed E-state index contributed by atoms with van der Waals surface area (Å²) >= 11 is 0. The van der Waals surface area contributed by atoms with Crippen LogP contribution in [0.2, 0.25) is 0 Å². The molecule has 0 heterocycles. The minimum absolute atomic E-state index is 0.268. The minimum Gasteiger partial charge on any atom is -0.458 e. The van der Waals surface area contributed by atoms with E-state index >= 15 is 0 Å². The van der Waals surface area contributed by atoms with Crippen molar-refractivity contribution in [1.29, 1.82) is 0 Å². The maximum Gasteiger partial charge on any atom is 0.333 e. The van der Waals surface area contributed by atoms with Crippen molar-refractivity contribution in [2.24, 2.45) is 11.8 Å². The zero-order chi connectivity index (χ0) is 26.2. The molecule has 34 heavy (non-hydrogen) atoms. The summed E-state index contributed by atoms with van der Waals surface area (Å²) in [7, 11) is 0. The number of rotatable bonds is 9. The van der Waals surface area contributed by atoms with Gasteiger partial charge in [0.1, 0.15) is 18.3 Å². The van der Waals surface area contributed by atoms with E-state index in [0.29, 0.717) is 17.6 Å². The first-order valence-corrected chi connectivity index (χ1v) is 11.5. The maximum absolute atomic E-state index is 12.4. The summed E-state index contributed by atoms with van der Waals surface area (Å²) in [6.45, 7) is 14.7. The van der Waals surface area contributed by atoms with Crippen molar-refractivity contribution >= 4 is 23.9 Å². The first-order chi connectivity index (χ1) is 15.8. The molecular weight excluding hydrogens is 440 g/mol. The molecule has 0 saturated heterocycles. The summed E-state index contributed by atoms with van der Waals surface area (Å²) in [6.07, 6.45) is 2.64. The smallest absolute Gasteiger partial charge is 0.333 e. The highest BCUT2D eigenvalue weighted by Gasteiger charge is 2.47. The fourth-order valence-electron chi connectivity index (χ4n) is 4.13. The lowest BCUT2D eigenvalue weighted by Crippen LogP contribution is -2.52. The van der Waals surface area contributed by atoms with Crippen LogP contribution in [-0.4, -0.2) is 48.3 Å². The second-order valence-electron chi connectivity index (χ2n) is 9.04. The number of carbonyl (C=O) groups is 4. The number of allylic oxidation sites excluding steroid dienone is 2. The van der Waals surface area contributed by atoms with Gasteiger partial charge in [-0.05, 0) is 64.7 Å². The van der Waals surface area contributed by atoms with E-state index in [1.807, 2.05) is 26.8 Å². The molecule has 0 saturated carbocycles. The summed E-state index contributed by atoms with van der Waals surface area (Å²) < 4.78 is 22.4. The van der Waals surface area contributed by atoms with Gasteiger partial charge in [-0.2, -0.15) is 0 Å². The van der Waals surface area contributed by atoms with Crippen LogP contribution >= 0.6 is 0 Å². The van der Waals surface area contributed by atoms with E-state index in [2.05, 4.69) is 0 Å². The van der Waals surface area contributed by atoms with Gasteiger partial charge in [-0.25, -0.2) is 4.79 Å². The van der Waals surface area contributed by atoms with E-state index in [-0.39, 0.29) is 5.92 Å². The Kier molecular flexibility index (Phi) is 11.2. The molecule has 190 valence electrons. The van der Waals surface area contributed by atoms with Gasteiger partial charge in [0.2, 0.25) is 0 Å². The molecule has 1 aliphatic rings. The Morgan fingerprint density at radius 2 is 1.50 bits per heavy atom. The molecule has 0 bridgehead atoms. The molecule has 0 aromatic heterocycles. The molecule has 0 aliphatic heterocycles. The van der Waals surface area contributed by atoms with Crippen molar-refractivity contribution in [2.75, 3.05) is 0 Å². The predicted molar refractivity (Wildman–Crippen MR) is 126 cm³/mol. The lowest BCUT2D eigenvalue weighted by atomic mass is 9.74. The molecule has 1 rings (SSSR count). The first kappa shape index (κ1) is 29.1. The highest BCUT2D eigenvalue weighted by molar-refractivity contribution is 5.87. The highest BCUT2D eigenvalue weighted by atomic mass is 16.6. The Hall–Kier alpha value is -2.90. The Balaban J connectivity index is 3.42. The monoisotopic (exact) mass is 478 g/mol. The summed E-state index contributed by atoms with van der Waals surface area (Å²) in [5, 5.41) is 0. The lowest BCUT2D eigenvalue weighted by Gasteiger charge is -2.42. The van der Waals surface area contributed by atoms with Crippen LogP contribution in [0.1, 0.15) is 68.7 Å². The first-order valence-electron chi connectivity index (χ1n) is 11.5. The van der Waals surface area contributed by atoms with Crippen molar-refractivity contribution < 1.29 is 38.1 Å². The molecule has 1 aliphatic carbocycles. The van der Waals surface area contributed by atoms with E-state index in [9.17, 15) is 19.2 Å². The molecule has 2 unspecified atom stereocenters. The number of carbonyl (C=O) groups excluding carboxylic acids is 4. The average molecular weight is 479 g/mol. The van der Waals surface area contributed by atoms with E-state index in [1.165, 1.54) is 20.8 Å². The third kappa shape index (κ3) is 8.80. The maximum atomic E-state index is 12.4. The van der Waals surface area contributed by atoms with Crippen molar-refractivity contribution in [2.45, 2.75) is 93.2 Å². The molecule has 6 atom stereocenters. The van der Waals surface area contributed by atoms with E-state index in [1.54, 1.807) is 32.9 Å². The Bertz CT molecular complexity index is 862. The van der Waals surface area contributed by atoms with Gasteiger partial charge in [0.15, 0.2) is 6.10 Å². The zero-order valence-electron chi connectivity index (χ0n) is 21.7. The van der Waals surface area contributed by atoms with Gasteiger partial charge in [-0.3, -0.25) is 14.4 Å². The van der Waals surface area contributed by atoms with Crippen LogP contribution in [0.5, 0.6) is 0 Å². The SMILES string of the molecule is C/C=C(/C)C(=O)OC(C=C(C)C)CC(C)[C@@H]1[C@@H](OC(C)=O)[C@@H](OC(C)=O)C(C)=C[C@H]1OC(C)=O. The Morgan fingerprint density at radius 1 is 0.941 bits per heavy atom. The lowest BCUT2D eigenvalue weighted by molar-refractivity contribution is -0.179. The molecule has 0 aromatic carbocycles. The van der Waals surface area contributed by atoms with E-state index < -0.39 is 54.2 Å². The molecule has 0 aromatic rings. The second kappa shape index (κ2) is 13.1. The fourth-order valence-corrected chi connectivity index (χ4v) is 4.13. The van der Waals surface area contributed by atoms with Crippen molar-refractivity contribution in [3.8, 4) is 0 Å². The highest BCUT2D eigenvalue weighted by Crippen LogP contribution is 2.38. The zero-order valence-corrected chi connectivity index (χ0v) is 21.7. The molecule has 8 nitrogen and oxygen atoms in total. The quantitative estimate of drug-likeness (QED) is 0.210. The van der Waals surface area contributed by atoms with Crippen molar-refractivity contribution in [3.05, 3.63) is 34.9 Å². The standard InChI is InChI=1S/C26H38O8/c1-10-15(4)26(30)34-21(11-14(2)3)12-16(5)23-22(31-18(7)27)13-17(6)24(32-19(8)28)25(23)33-20(9)29/h10-11,13,16,21-25H,12H2,1-9H3/b15-10-/t16?,21?,22-,23+,24+,25-/m1/s1. The van der Waals surface area contributed by atoms with Crippen molar-refractivity contribution in [3.63, 3.8) is 0 Å².